The molecule has 0 aliphatic carbocycles. The van der Waals surface area contributed by atoms with E-state index in [1.54, 1.807) is 6.07 Å². The number of hydrazone groups is 1. The van der Waals surface area contributed by atoms with Gasteiger partial charge < -0.3 is 14.2 Å². The summed E-state index contributed by atoms with van der Waals surface area (Å²) < 4.78 is 15.0. The fraction of sp³-hybridized carbons (Fsp3) is 0.211. The molecule has 1 amide bonds. The van der Waals surface area contributed by atoms with Crippen molar-refractivity contribution >= 4 is 35.4 Å². The largest absolute Gasteiger partial charge is 0.493 e. The number of halogens is 1. The number of rotatable bonds is 9. The number of hydrogen-bond donors (Lipinski definition) is 1. The quantitative estimate of drug-likeness (QED) is 0.277. The third kappa shape index (κ3) is 6.45. The van der Waals surface area contributed by atoms with Gasteiger partial charge in [0.15, 0.2) is 18.1 Å². The van der Waals surface area contributed by atoms with Crippen molar-refractivity contribution in [3.8, 4) is 11.5 Å². The molecule has 0 fully saturated rings. The van der Waals surface area contributed by atoms with E-state index in [1.165, 1.54) is 50.8 Å². The van der Waals surface area contributed by atoms with Crippen LogP contribution in [-0.2, 0) is 20.7 Å². The predicted octanol–water partition coefficient (Wildman–Crippen LogP) is 2.50. The number of hydrogen-bond acceptors (Lipinski definition) is 8. The standard InChI is InChI=1S/C19H18ClN3O7/c1-28-16-8-13(7-15(20)19(16)30-11-18(25)29-2)10-21-22-17(24)9-12-3-5-14(6-4-12)23(26)27/h3-8,10H,9,11H2,1-2H3,(H,22,24)/b21-10+. The molecule has 0 spiro atoms. The number of nitro benzene ring substituents is 1. The van der Waals surface area contributed by atoms with Crippen molar-refractivity contribution in [3.63, 3.8) is 0 Å². The van der Waals surface area contributed by atoms with Gasteiger partial charge in [-0.1, -0.05) is 23.7 Å². The maximum Gasteiger partial charge on any atom is 0.343 e. The van der Waals surface area contributed by atoms with Gasteiger partial charge in [0.05, 0.1) is 36.8 Å². The Labute approximate surface area is 176 Å². The smallest absolute Gasteiger partial charge is 0.343 e. The molecule has 2 aromatic rings. The Bertz CT molecular complexity index is 961. The molecule has 10 nitrogen and oxygen atoms in total. The third-order valence-electron chi connectivity index (χ3n) is 3.73. The molecule has 11 heteroatoms. The summed E-state index contributed by atoms with van der Waals surface area (Å²) in [5.74, 6) is -0.542. The van der Waals surface area contributed by atoms with Crippen molar-refractivity contribution in [1.82, 2.24) is 5.43 Å². The van der Waals surface area contributed by atoms with E-state index >= 15 is 0 Å². The topological polar surface area (TPSA) is 129 Å². The predicted molar refractivity (Wildman–Crippen MR) is 108 cm³/mol. The van der Waals surface area contributed by atoms with E-state index in [-0.39, 0.29) is 35.2 Å². The molecule has 1 N–H and O–H groups in total. The number of nitrogens with one attached hydrogen (secondary N) is 1. The number of amides is 1. The first-order valence-electron chi connectivity index (χ1n) is 8.46. The van der Waals surface area contributed by atoms with Crippen LogP contribution >= 0.6 is 11.6 Å². The molecule has 0 saturated heterocycles. The van der Waals surface area contributed by atoms with Crippen LogP contribution in [0.15, 0.2) is 41.5 Å². The maximum absolute atomic E-state index is 12.0. The van der Waals surface area contributed by atoms with Crippen LogP contribution in [0.3, 0.4) is 0 Å². The van der Waals surface area contributed by atoms with Crippen LogP contribution in [0.25, 0.3) is 0 Å². The Hall–Kier alpha value is -3.66. The number of ether oxygens (including phenoxy) is 3. The highest BCUT2D eigenvalue weighted by Gasteiger charge is 2.14. The molecular weight excluding hydrogens is 418 g/mol. The lowest BCUT2D eigenvalue weighted by atomic mass is 10.1. The second-order valence-corrected chi connectivity index (χ2v) is 6.20. The van der Waals surface area contributed by atoms with Crippen LogP contribution in [0.1, 0.15) is 11.1 Å². The molecule has 158 valence electrons. The average molecular weight is 436 g/mol. The monoisotopic (exact) mass is 435 g/mol. The number of non-ortho nitro benzene ring substituents is 1. The summed E-state index contributed by atoms with van der Waals surface area (Å²) in [5, 5.41) is 14.7. The minimum atomic E-state index is -0.575. The Balaban J connectivity index is 1.99. The summed E-state index contributed by atoms with van der Waals surface area (Å²) in [7, 11) is 2.64. The molecule has 30 heavy (non-hydrogen) atoms. The van der Waals surface area contributed by atoms with Gasteiger partial charge in [-0.2, -0.15) is 5.10 Å². The van der Waals surface area contributed by atoms with Crippen molar-refractivity contribution in [1.29, 1.82) is 0 Å². The highest BCUT2D eigenvalue weighted by molar-refractivity contribution is 6.32. The zero-order valence-corrected chi connectivity index (χ0v) is 16.8. The van der Waals surface area contributed by atoms with E-state index < -0.39 is 16.8 Å². The molecule has 0 radical (unpaired) electrons. The third-order valence-corrected chi connectivity index (χ3v) is 4.01. The highest BCUT2D eigenvalue weighted by Crippen LogP contribution is 2.36. The summed E-state index contributed by atoms with van der Waals surface area (Å²) in [6.45, 7) is -0.335. The summed E-state index contributed by atoms with van der Waals surface area (Å²) >= 11 is 6.17. The van der Waals surface area contributed by atoms with E-state index in [2.05, 4.69) is 15.3 Å². The lowest BCUT2D eigenvalue weighted by Crippen LogP contribution is -2.19. The molecular formula is C19H18ClN3O7. The zero-order valence-electron chi connectivity index (χ0n) is 16.1. The molecule has 0 bridgehead atoms. The molecule has 0 heterocycles. The van der Waals surface area contributed by atoms with Crippen LogP contribution < -0.4 is 14.9 Å². The van der Waals surface area contributed by atoms with Crippen LogP contribution in [0, 0.1) is 10.1 Å². The SMILES string of the molecule is COC(=O)COc1c(Cl)cc(/C=N/NC(=O)Cc2ccc([N+](=O)[O-])cc2)cc1OC. The van der Waals surface area contributed by atoms with Crippen LogP contribution in [0.2, 0.25) is 5.02 Å². The Morgan fingerprint density at radius 2 is 1.93 bits per heavy atom. The van der Waals surface area contributed by atoms with Crippen LogP contribution in [-0.4, -0.2) is 43.8 Å². The van der Waals surface area contributed by atoms with Crippen molar-refractivity contribution in [2.45, 2.75) is 6.42 Å². The van der Waals surface area contributed by atoms with Gasteiger partial charge in [0.1, 0.15) is 0 Å². The number of esters is 1. The molecule has 2 aromatic carbocycles. The normalized spacial score (nSPS) is 10.5. The Morgan fingerprint density at radius 3 is 2.53 bits per heavy atom. The van der Waals surface area contributed by atoms with Gasteiger partial charge in [-0.05, 0) is 23.3 Å². The average Bonchev–Trinajstić information content (AvgIpc) is 2.72. The van der Waals surface area contributed by atoms with Crippen LogP contribution in [0.4, 0.5) is 5.69 Å². The minimum absolute atomic E-state index is 0.000280. The zero-order chi connectivity index (χ0) is 22.1. The van der Waals surface area contributed by atoms with Gasteiger partial charge >= 0.3 is 5.97 Å². The fourth-order valence-corrected chi connectivity index (χ4v) is 2.56. The van der Waals surface area contributed by atoms with Crippen molar-refractivity contribution in [3.05, 3.63) is 62.7 Å². The number of benzene rings is 2. The molecule has 0 saturated carbocycles. The van der Waals surface area contributed by atoms with E-state index in [4.69, 9.17) is 21.1 Å². The summed E-state index contributed by atoms with van der Waals surface area (Å²) in [6, 6.07) is 8.72. The lowest BCUT2D eigenvalue weighted by molar-refractivity contribution is -0.384. The van der Waals surface area contributed by atoms with Gasteiger partial charge in [-0.3, -0.25) is 14.9 Å². The van der Waals surface area contributed by atoms with Gasteiger partial charge in [0, 0.05) is 12.1 Å². The first kappa shape index (κ1) is 22.6. The van der Waals surface area contributed by atoms with E-state index in [0.717, 1.165) is 0 Å². The molecule has 2 rings (SSSR count). The van der Waals surface area contributed by atoms with E-state index in [0.29, 0.717) is 11.1 Å². The Morgan fingerprint density at radius 1 is 1.23 bits per heavy atom. The molecule has 0 aromatic heterocycles. The van der Waals surface area contributed by atoms with Crippen molar-refractivity contribution < 1.29 is 28.7 Å². The summed E-state index contributed by atoms with van der Waals surface area (Å²) in [4.78, 5) is 33.3. The van der Waals surface area contributed by atoms with Crippen LogP contribution in [0.5, 0.6) is 11.5 Å². The van der Waals surface area contributed by atoms with Gasteiger partial charge in [-0.15, -0.1) is 0 Å². The molecule has 0 atom stereocenters. The van der Waals surface area contributed by atoms with Crippen molar-refractivity contribution in [2.75, 3.05) is 20.8 Å². The van der Waals surface area contributed by atoms with Gasteiger partial charge in [0.25, 0.3) is 5.69 Å². The number of nitrogens with zero attached hydrogens (tertiary/aromatic N) is 2. The van der Waals surface area contributed by atoms with E-state index in [9.17, 15) is 19.7 Å². The summed E-state index contributed by atoms with van der Waals surface area (Å²) in [6.07, 6.45) is 1.35. The van der Waals surface area contributed by atoms with E-state index in [1.807, 2.05) is 0 Å². The molecule has 0 aliphatic heterocycles. The second-order valence-electron chi connectivity index (χ2n) is 5.79. The number of carbonyl (C=O) groups is 2. The lowest BCUT2D eigenvalue weighted by Gasteiger charge is -2.12. The Kier molecular flexibility index (Phi) is 8.12. The highest BCUT2D eigenvalue weighted by atomic mass is 35.5. The molecule has 0 aliphatic rings. The maximum atomic E-state index is 12.0. The molecule has 0 unspecified atom stereocenters. The first-order chi connectivity index (χ1) is 14.3. The first-order valence-corrected chi connectivity index (χ1v) is 8.84. The number of methoxy groups -OCH3 is 2. The summed E-state index contributed by atoms with van der Waals surface area (Å²) in [5.41, 5.74) is 3.42. The second kappa shape index (κ2) is 10.8. The van der Waals surface area contributed by atoms with Gasteiger partial charge in [-0.25, -0.2) is 10.2 Å². The minimum Gasteiger partial charge on any atom is -0.493 e. The number of carbonyl (C=O) groups excluding carboxylic acids is 2. The van der Waals surface area contributed by atoms with Crippen molar-refractivity contribution in [2.24, 2.45) is 5.10 Å². The number of nitro groups is 1. The van der Waals surface area contributed by atoms with Gasteiger partial charge in [0.2, 0.25) is 5.91 Å². The fourth-order valence-electron chi connectivity index (χ4n) is 2.28.